The zero-order valence-electron chi connectivity index (χ0n) is 12.9. The van der Waals surface area contributed by atoms with Crippen molar-refractivity contribution in [2.24, 2.45) is 17.8 Å². The molecule has 0 bridgehead atoms. The Bertz CT molecular complexity index is 617. The summed E-state index contributed by atoms with van der Waals surface area (Å²) in [6.45, 7) is 3.33. The molecule has 1 N–H and O–H groups in total. The van der Waals surface area contributed by atoms with Gasteiger partial charge in [-0.15, -0.1) is 0 Å². The van der Waals surface area contributed by atoms with Gasteiger partial charge in [0.15, 0.2) is 0 Å². The Hall–Kier alpha value is -1.34. The second kappa shape index (κ2) is 5.46. The van der Waals surface area contributed by atoms with Gasteiger partial charge < -0.3 is 5.32 Å². The van der Waals surface area contributed by atoms with Crippen molar-refractivity contribution in [2.75, 3.05) is 6.54 Å². The Labute approximate surface area is 127 Å². The summed E-state index contributed by atoms with van der Waals surface area (Å²) in [5.41, 5.74) is 1.51. The van der Waals surface area contributed by atoms with E-state index in [9.17, 15) is 0 Å². The number of rotatable bonds is 5. The van der Waals surface area contributed by atoms with Crippen molar-refractivity contribution in [3.8, 4) is 0 Å². The Morgan fingerprint density at radius 2 is 1.76 bits per heavy atom. The summed E-state index contributed by atoms with van der Waals surface area (Å²) in [4.78, 5) is 0. The number of fused-ring (bicyclic) bond motifs is 2. The van der Waals surface area contributed by atoms with Crippen LogP contribution >= 0.6 is 0 Å². The van der Waals surface area contributed by atoms with Crippen LogP contribution in [-0.4, -0.2) is 12.6 Å². The zero-order chi connectivity index (χ0) is 14.2. The molecule has 110 valence electrons. The van der Waals surface area contributed by atoms with Gasteiger partial charge >= 0.3 is 0 Å². The van der Waals surface area contributed by atoms with Gasteiger partial charge in [0.1, 0.15) is 0 Å². The van der Waals surface area contributed by atoms with Gasteiger partial charge in [-0.3, -0.25) is 0 Å². The lowest BCUT2D eigenvalue weighted by atomic mass is 9.88. The molecule has 2 aliphatic rings. The van der Waals surface area contributed by atoms with E-state index in [1.165, 1.54) is 42.0 Å². The van der Waals surface area contributed by atoms with Crippen LogP contribution in [0.15, 0.2) is 42.5 Å². The lowest BCUT2D eigenvalue weighted by Gasteiger charge is -2.26. The summed E-state index contributed by atoms with van der Waals surface area (Å²) < 4.78 is 0. The molecule has 3 unspecified atom stereocenters. The minimum atomic E-state index is 0.661. The van der Waals surface area contributed by atoms with Crippen molar-refractivity contribution >= 4 is 10.8 Å². The molecule has 2 aromatic rings. The Morgan fingerprint density at radius 3 is 2.57 bits per heavy atom. The number of likely N-dealkylation sites (N-methyl/N-ethyl adjacent to an activating group) is 1. The van der Waals surface area contributed by atoms with Crippen molar-refractivity contribution in [3.05, 3.63) is 48.0 Å². The van der Waals surface area contributed by atoms with E-state index < -0.39 is 0 Å². The maximum absolute atomic E-state index is 3.78. The van der Waals surface area contributed by atoms with E-state index in [1.807, 2.05) is 0 Å². The monoisotopic (exact) mass is 279 g/mol. The van der Waals surface area contributed by atoms with Gasteiger partial charge in [0, 0.05) is 6.04 Å². The van der Waals surface area contributed by atoms with Crippen LogP contribution in [0.5, 0.6) is 0 Å². The smallest absolute Gasteiger partial charge is 0.0136 e. The van der Waals surface area contributed by atoms with Crippen molar-refractivity contribution in [3.63, 3.8) is 0 Å². The standard InChI is InChI=1S/C20H25N/c1-2-21-20(18-11-16-10-17(16)12-18)13-15-8-5-7-14-6-3-4-9-19(14)15/h3-9,16-18,20-21H,2,10-13H2,1H3. The van der Waals surface area contributed by atoms with E-state index in [2.05, 4.69) is 54.7 Å². The molecule has 2 fully saturated rings. The molecule has 1 heteroatoms. The number of benzene rings is 2. The largest absolute Gasteiger partial charge is 0.314 e. The van der Waals surface area contributed by atoms with Crippen molar-refractivity contribution in [2.45, 2.75) is 38.6 Å². The molecule has 2 saturated carbocycles. The Kier molecular flexibility index (Phi) is 3.46. The highest BCUT2D eigenvalue weighted by Crippen LogP contribution is 2.55. The molecule has 1 nitrogen and oxygen atoms in total. The summed E-state index contributed by atoms with van der Waals surface area (Å²) in [5.74, 6) is 3.04. The van der Waals surface area contributed by atoms with Gasteiger partial charge in [0.2, 0.25) is 0 Å². The molecule has 21 heavy (non-hydrogen) atoms. The first-order valence-corrected chi connectivity index (χ1v) is 8.55. The first-order chi connectivity index (χ1) is 10.3. The summed E-state index contributed by atoms with van der Waals surface area (Å²) >= 11 is 0. The highest BCUT2D eigenvalue weighted by atomic mass is 14.9. The second-order valence-electron chi connectivity index (χ2n) is 6.99. The van der Waals surface area contributed by atoms with E-state index in [0.29, 0.717) is 6.04 Å². The van der Waals surface area contributed by atoms with Crippen LogP contribution in [0.3, 0.4) is 0 Å². The van der Waals surface area contributed by atoms with E-state index in [1.54, 1.807) is 0 Å². The van der Waals surface area contributed by atoms with Crippen LogP contribution < -0.4 is 5.32 Å². The maximum atomic E-state index is 3.78. The maximum Gasteiger partial charge on any atom is 0.0136 e. The SMILES string of the molecule is CCNC(Cc1cccc2ccccc12)C1CC2CC2C1. The first-order valence-electron chi connectivity index (χ1n) is 8.55. The molecule has 0 spiro atoms. The highest BCUT2D eigenvalue weighted by Gasteiger charge is 2.47. The lowest BCUT2D eigenvalue weighted by molar-refractivity contribution is 0.337. The van der Waals surface area contributed by atoms with Gasteiger partial charge in [0.25, 0.3) is 0 Å². The summed E-state index contributed by atoms with van der Waals surface area (Å²) in [7, 11) is 0. The molecule has 4 rings (SSSR count). The third-order valence-electron chi connectivity index (χ3n) is 5.64. The first kappa shape index (κ1) is 13.3. The average Bonchev–Trinajstić information content (AvgIpc) is 3.13. The topological polar surface area (TPSA) is 12.0 Å². The van der Waals surface area contributed by atoms with E-state index in [4.69, 9.17) is 0 Å². The molecule has 0 radical (unpaired) electrons. The van der Waals surface area contributed by atoms with Gasteiger partial charge in [-0.1, -0.05) is 49.4 Å². The fraction of sp³-hybridized carbons (Fsp3) is 0.500. The normalized spacial score (nSPS) is 28.5. The Balaban J connectivity index is 1.58. The van der Waals surface area contributed by atoms with E-state index in [0.717, 1.165) is 24.3 Å². The van der Waals surface area contributed by atoms with Gasteiger partial charge in [0.05, 0.1) is 0 Å². The molecule has 0 saturated heterocycles. The van der Waals surface area contributed by atoms with Crippen LogP contribution in [-0.2, 0) is 6.42 Å². The van der Waals surface area contributed by atoms with Gasteiger partial charge in [-0.25, -0.2) is 0 Å². The Morgan fingerprint density at radius 1 is 1.00 bits per heavy atom. The van der Waals surface area contributed by atoms with Crippen molar-refractivity contribution in [1.29, 1.82) is 0 Å². The number of nitrogens with one attached hydrogen (secondary N) is 1. The van der Waals surface area contributed by atoms with Gasteiger partial charge in [-0.2, -0.15) is 0 Å². The molecule has 0 heterocycles. The number of hydrogen-bond acceptors (Lipinski definition) is 1. The second-order valence-corrected chi connectivity index (χ2v) is 6.99. The van der Waals surface area contributed by atoms with Crippen LogP contribution in [0.25, 0.3) is 10.8 Å². The average molecular weight is 279 g/mol. The third kappa shape index (κ3) is 2.60. The minimum Gasteiger partial charge on any atom is -0.314 e. The molecule has 3 atom stereocenters. The van der Waals surface area contributed by atoms with E-state index >= 15 is 0 Å². The predicted molar refractivity (Wildman–Crippen MR) is 89.4 cm³/mol. The van der Waals surface area contributed by atoms with Gasteiger partial charge in [-0.05, 0) is 66.3 Å². The van der Waals surface area contributed by atoms with Crippen LogP contribution in [0.2, 0.25) is 0 Å². The summed E-state index contributed by atoms with van der Waals surface area (Å²) in [5, 5.41) is 6.59. The lowest BCUT2D eigenvalue weighted by Crippen LogP contribution is -2.37. The molecule has 0 amide bonds. The quantitative estimate of drug-likeness (QED) is 0.855. The number of hydrogen-bond donors (Lipinski definition) is 1. The van der Waals surface area contributed by atoms with Crippen molar-refractivity contribution < 1.29 is 0 Å². The van der Waals surface area contributed by atoms with Crippen LogP contribution in [0, 0.1) is 17.8 Å². The molecule has 0 aromatic heterocycles. The minimum absolute atomic E-state index is 0.661. The molecular formula is C20H25N. The van der Waals surface area contributed by atoms with E-state index in [-0.39, 0.29) is 0 Å². The fourth-order valence-electron chi connectivity index (χ4n) is 4.47. The molecule has 2 aromatic carbocycles. The van der Waals surface area contributed by atoms with Crippen LogP contribution in [0.4, 0.5) is 0 Å². The zero-order valence-corrected chi connectivity index (χ0v) is 12.9. The highest BCUT2D eigenvalue weighted by molar-refractivity contribution is 5.85. The molecular weight excluding hydrogens is 254 g/mol. The summed E-state index contributed by atoms with van der Waals surface area (Å²) in [6.07, 6.45) is 5.63. The fourth-order valence-corrected chi connectivity index (χ4v) is 4.47. The van der Waals surface area contributed by atoms with Crippen molar-refractivity contribution in [1.82, 2.24) is 5.32 Å². The van der Waals surface area contributed by atoms with Crippen LogP contribution in [0.1, 0.15) is 31.7 Å². The predicted octanol–water partition coefficient (Wildman–Crippen LogP) is 4.41. The molecule has 2 aliphatic carbocycles. The summed E-state index contributed by atoms with van der Waals surface area (Å²) in [6, 6.07) is 16.2. The third-order valence-corrected chi connectivity index (χ3v) is 5.64. The molecule has 0 aliphatic heterocycles.